The second kappa shape index (κ2) is 9.62. The molecule has 1 fully saturated rings. The van der Waals surface area contributed by atoms with E-state index in [-0.39, 0.29) is 11.8 Å². The first kappa shape index (κ1) is 19.5. The Balaban J connectivity index is 1.33. The highest BCUT2D eigenvalue weighted by atomic mass is 16.5. The van der Waals surface area contributed by atoms with E-state index in [0.29, 0.717) is 25.8 Å². The van der Waals surface area contributed by atoms with Gasteiger partial charge < -0.3 is 10.1 Å². The van der Waals surface area contributed by atoms with Gasteiger partial charge in [-0.2, -0.15) is 5.10 Å². The number of hydrogen-bond acceptors (Lipinski definition) is 5. The molecule has 7 heteroatoms. The molecule has 1 aliphatic rings. The predicted molar refractivity (Wildman–Crippen MR) is 104 cm³/mol. The molecule has 1 aliphatic heterocycles. The fourth-order valence-electron chi connectivity index (χ4n) is 3.30. The van der Waals surface area contributed by atoms with Crippen LogP contribution in [0.2, 0.25) is 0 Å². The van der Waals surface area contributed by atoms with Crippen molar-refractivity contribution in [1.29, 1.82) is 0 Å². The quantitative estimate of drug-likeness (QED) is 0.717. The van der Waals surface area contributed by atoms with Crippen LogP contribution in [0.1, 0.15) is 36.0 Å². The Hall–Kier alpha value is -2.25. The van der Waals surface area contributed by atoms with E-state index in [1.165, 1.54) is 4.68 Å². The second-order valence-electron chi connectivity index (χ2n) is 7.02. The van der Waals surface area contributed by atoms with Crippen molar-refractivity contribution in [3.8, 4) is 0 Å². The number of aromatic nitrogens is 2. The summed E-state index contributed by atoms with van der Waals surface area (Å²) >= 11 is 0. The molecule has 0 saturated carbocycles. The van der Waals surface area contributed by atoms with Gasteiger partial charge in [-0.1, -0.05) is 11.6 Å². The molecule has 27 heavy (non-hydrogen) atoms. The van der Waals surface area contributed by atoms with Crippen molar-refractivity contribution in [2.75, 3.05) is 39.4 Å². The largest absolute Gasteiger partial charge is 0.379 e. The lowest BCUT2D eigenvalue weighted by Crippen LogP contribution is -2.38. The monoisotopic (exact) mass is 372 g/mol. The Morgan fingerprint density at radius 2 is 2.00 bits per heavy atom. The average Bonchev–Trinajstić information content (AvgIpc) is 3.09. The molecule has 2 aromatic rings. The summed E-state index contributed by atoms with van der Waals surface area (Å²) in [5.74, 6) is -0.0697. The summed E-state index contributed by atoms with van der Waals surface area (Å²) in [5.41, 5.74) is 1.96. The van der Waals surface area contributed by atoms with Crippen molar-refractivity contribution < 1.29 is 14.3 Å². The van der Waals surface area contributed by atoms with E-state index in [2.05, 4.69) is 15.3 Å². The van der Waals surface area contributed by atoms with Crippen LogP contribution in [-0.2, 0) is 9.53 Å². The number of nitrogens with zero attached hydrogens (tertiary/aromatic N) is 3. The molecule has 1 amide bonds. The van der Waals surface area contributed by atoms with E-state index >= 15 is 0 Å². The number of carbonyl (C=O) groups excluding carboxylic acids is 2. The molecule has 0 radical (unpaired) electrons. The molecule has 0 aliphatic carbocycles. The first-order chi connectivity index (χ1) is 13.1. The van der Waals surface area contributed by atoms with Gasteiger partial charge in [0.2, 0.25) is 11.8 Å². The zero-order valence-electron chi connectivity index (χ0n) is 15.9. The normalized spacial score (nSPS) is 15.1. The van der Waals surface area contributed by atoms with Gasteiger partial charge in [-0.05, 0) is 38.4 Å². The smallest absolute Gasteiger partial charge is 0.247 e. The molecule has 146 valence electrons. The van der Waals surface area contributed by atoms with E-state index in [9.17, 15) is 9.59 Å². The van der Waals surface area contributed by atoms with Crippen LogP contribution in [0.5, 0.6) is 0 Å². The SMILES string of the molecule is Cc1ccc2c(cnn2C(=O)CCCC(=O)NCCCN2CCOCC2)c1. The van der Waals surface area contributed by atoms with Crippen LogP contribution >= 0.6 is 0 Å². The molecule has 2 heterocycles. The highest BCUT2D eigenvalue weighted by Crippen LogP contribution is 2.16. The third kappa shape index (κ3) is 5.61. The number of nitrogens with one attached hydrogen (secondary N) is 1. The Morgan fingerprint density at radius 3 is 2.81 bits per heavy atom. The van der Waals surface area contributed by atoms with Crippen molar-refractivity contribution >= 4 is 22.7 Å². The number of fused-ring (bicyclic) bond motifs is 1. The number of carbonyl (C=O) groups is 2. The van der Waals surface area contributed by atoms with Gasteiger partial charge in [0.1, 0.15) is 0 Å². The minimum atomic E-state index is -0.0750. The average molecular weight is 372 g/mol. The summed E-state index contributed by atoms with van der Waals surface area (Å²) in [6, 6.07) is 5.89. The van der Waals surface area contributed by atoms with E-state index < -0.39 is 0 Å². The minimum Gasteiger partial charge on any atom is -0.379 e. The third-order valence-corrected chi connectivity index (χ3v) is 4.83. The molecule has 0 unspecified atom stereocenters. The molecule has 7 nitrogen and oxygen atoms in total. The number of amides is 1. The summed E-state index contributed by atoms with van der Waals surface area (Å²) in [7, 11) is 0. The molecule has 1 N–H and O–H groups in total. The maximum atomic E-state index is 12.4. The molecular weight excluding hydrogens is 344 g/mol. The van der Waals surface area contributed by atoms with E-state index in [1.54, 1.807) is 6.20 Å². The van der Waals surface area contributed by atoms with Crippen LogP contribution in [0.4, 0.5) is 0 Å². The van der Waals surface area contributed by atoms with Crippen LogP contribution in [-0.4, -0.2) is 65.9 Å². The van der Waals surface area contributed by atoms with Gasteiger partial charge in [-0.3, -0.25) is 14.5 Å². The van der Waals surface area contributed by atoms with Gasteiger partial charge in [-0.15, -0.1) is 0 Å². The number of hydrogen-bond donors (Lipinski definition) is 1. The Labute approximate surface area is 159 Å². The second-order valence-corrected chi connectivity index (χ2v) is 7.02. The van der Waals surface area contributed by atoms with Gasteiger partial charge in [0.15, 0.2) is 0 Å². The molecule has 3 rings (SSSR count). The van der Waals surface area contributed by atoms with E-state index in [4.69, 9.17) is 4.74 Å². The van der Waals surface area contributed by atoms with Gasteiger partial charge in [-0.25, -0.2) is 4.68 Å². The van der Waals surface area contributed by atoms with Gasteiger partial charge in [0, 0.05) is 37.9 Å². The van der Waals surface area contributed by atoms with Crippen LogP contribution in [0, 0.1) is 6.92 Å². The fraction of sp³-hybridized carbons (Fsp3) is 0.550. The molecule has 1 aromatic carbocycles. The number of ether oxygens (including phenoxy) is 1. The summed E-state index contributed by atoms with van der Waals surface area (Å²) in [4.78, 5) is 26.7. The first-order valence-corrected chi connectivity index (χ1v) is 9.68. The topological polar surface area (TPSA) is 76.5 Å². The lowest BCUT2D eigenvalue weighted by Gasteiger charge is -2.26. The van der Waals surface area contributed by atoms with Crippen molar-refractivity contribution in [3.63, 3.8) is 0 Å². The Kier molecular flexibility index (Phi) is 6.95. The molecule has 0 atom stereocenters. The number of morpholine rings is 1. The molecule has 1 aromatic heterocycles. The van der Waals surface area contributed by atoms with Crippen LogP contribution in [0.3, 0.4) is 0 Å². The highest BCUT2D eigenvalue weighted by Gasteiger charge is 2.12. The van der Waals surface area contributed by atoms with E-state index in [0.717, 1.165) is 55.7 Å². The summed E-state index contributed by atoms with van der Waals surface area (Å²) in [6.07, 6.45) is 3.85. The molecule has 1 saturated heterocycles. The van der Waals surface area contributed by atoms with Gasteiger partial charge in [0.25, 0.3) is 0 Å². The van der Waals surface area contributed by atoms with Gasteiger partial charge >= 0.3 is 0 Å². The number of benzene rings is 1. The van der Waals surface area contributed by atoms with Crippen LogP contribution < -0.4 is 5.32 Å². The Morgan fingerprint density at radius 1 is 1.19 bits per heavy atom. The zero-order chi connectivity index (χ0) is 19.1. The Bertz CT molecular complexity index is 781. The third-order valence-electron chi connectivity index (χ3n) is 4.83. The molecular formula is C20H28N4O3. The maximum Gasteiger partial charge on any atom is 0.247 e. The van der Waals surface area contributed by atoms with Crippen molar-refractivity contribution in [1.82, 2.24) is 20.0 Å². The number of aryl methyl sites for hydroxylation is 1. The summed E-state index contributed by atoms with van der Waals surface area (Å²) < 4.78 is 6.76. The van der Waals surface area contributed by atoms with Crippen molar-refractivity contribution in [3.05, 3.63) is 30.0 Å². The lowest BCUT2D eigenvalue weighted by molar-refractivity contribution is -0.121. The maximum absolute atomic E-state index is 12.4. The predicted octanol–water partition coefficient (Wildman–Crippen LogP) is 1.99. The van der Waals surface area contributed by atoms with E-state index in [1.807, 2.05) is 25.1 Å². The molecule has 0 bridgehead atoms. The van der Waals surface area contributed by atoms with Gasteiger partial charge in [0.05, 0.1) is 24.9 Å². The zero-order valence-corrected chi connectivity index (χ0v) is 15.9. The lowest BCUT2D eigenvalue weighted by atomic mass is 10.2. The van der Waals surface area contributed by atoms with Crippen molar-refractivity contribution in [2.45, 2.75) is 32.6 Å². The first-order valence-electron chi connectivity index (χ1n) is 9.68. The van der Waals surface area contributed by atoms with Crippen molar-refractivity contribution in [2.24, 2.45) is 0 Å². The standard InChI is InChI=1S/C20H28N4O3/c1-16-6-7-18-17(14-16)15-22-24(18)20(26)5-2-4-19(25)21-8-3-9-23-10-12-27-13-11-23/h6-7,14-15H,2-5,8-13H2,1H3,(H,21,25). The fourth-order valence-corrected chi connectivity index (χ4v) is 3.30. The minimum absolute atomic E-state index is 0.00530. The molecule has 0 spiro atoms. The van der Waals surface area contributed by atoms with Crippen LogP contribution in [0.15, 0.2) is 24.4 Å². The number of rotatable bonds is 8. The highest BCUT2D eigenvalue weighted by molar-refractivity contribution is 5.91. The summed E-state index contributed by atoms with van der Waals surface area (Å²) in [6.45, 7) is 7.20. The summed E-state index contributed by atoms with van der Waals surface area (Å²) in [5, 5.41) is 8.09. The van der Waals surface area contributed by atoms with Crippen LogP contribution in [0.25, 0.3) is 10.9 Å².